The number of sulfonamides is 1. The standard InChI is InChI=1S/C20H22N2O2S2/c1-14(20-21-18-9-5-6-10-19(18)25-20)22(2)26(23,24)17-12-11-15-7-3-4-8-16(15)13-17/h5-6,9-14H,3-4,7-8H2,1-2H3/t14-/m0/s1. The molecule has 0 unspecified atom stereocenters. The van der Waals surface area contributed by atoms with Gasteiger partial charge in [-0.3, -0.25) is 0 Å². The second-order valence-electron chi connectivity index (χ2n) is 6.85. The maximum Gasteiger partial charge on any atom is 0.243 e. The summed E-state index contributed by atoms with van der Waals surface area (Å²) in [6.07, 6.45) is 4.34. The SMILES string of the molecule is C[C@@H](c1nc2ccccc2s1)N(C)S(=O)(=O)c1ccc2c(c1)CCCC2. The van der Waals surface area contributed by atoms with E-state index >= 15 is 0 Å². The van der Waals surface area contributed by atoms with Gasteiger partial charge in [-0.05, 0) is 68.0 Å². The maximum absolute atomic E-state index is 13.2. The molecule has 0 spiro atoms. The number of benzene rings is 2. The molecule has 1 atom stereocenters. The molecular weight excluding hydrogens is 364 g/mol. The van der Waals surface area contributed by atoms with E-state index in [1.54, 1.807) is 24.5 Å². The maximum atomic E-state index is 13.2. The van der Waals surface area contributed by atoms with E-state index in [-0.39, 0.29) is 6.04 Å². The minimum absolute atomic E-state index is 0.312. The van der Waals surface area contributed by atoms with Gasteiger partial charge in [0.05, 0.1) is 21.2 Å². The van der Waals surface area contributed by atoms with Gasteiger partial charge in [0.1, 0.15) is 5.01 Å². The molecule has 0 saturated heterocycles. The van der Waals surface area contributed by atoms with E-state index in [0.29, 0.717) is 4.90 Å². The van der Waals surface area contributed by atoms with E-state index in [4.69, 9.17) is 0 Å². The quantitative estimate of drug-likeness (QED) is 0.661. The lowest BCUT2D eigenvalue weighted by Gasteiger charge is -2.24. The molecule has 2 aromatic carbocycles. The zero-order valence-electron chi connectivity index (χ0n) is 15.0. The Bertz CT molecular complexity index is 1020. The number of aryl methyl sites for hydroxylation is 2. The third-order valence-corrected chi connectivity index (χ3v) is 8.34. The zero-order chi connectivity index (χ0) is 18.3. The first-order valence-corrected chi connectivity index (χ1v) is 11.2. The summed E-state index contributed by atoms with van der Waals surface area (Å²) in [6, 6.07) is 13.2. The zero-order valence-corrected chi connectivity index (χ0v) is 16.6. The summed E-state index contributed by atoms with van der Waals surface area (Å²) in [5, 5.41) is 0.815. The van der Waals surface area contributed by atoms with E-state index in [1.807, 2.05) is 43.3 Å². The van der Waals surface area contributed by atoms with Crippen LogP contribution in [0.4, 0.5) is 0 Å². The number of aromatic nitrogens is 1. The summed E-state index contributed by atoms with van der Waals surface area (Å²) in [6.45, 7) is 1.90. The number of rotatable bonds is 4. The highest BCUT2D eigenvalue weighted by atomic mass is 32.2. The van der Waals surface area contributed by atoms with Crippen LogP contribution in [0.25, 0.3) is 10.2 Å². The Kier molecular flexibility index (Phi) is 4.59. The van der Waals surface area contributed by atoms with E-state index in [2.05, 4.69) is 4.98 Å². The predicted molar refractivity (Wildman–Crippen MR) is 106 cm³/mol. The van der Waals surface area contributed by atoms with Crippen LogP contribution in [0, 0.1) is 0 Å². The predicted octanol–water partition coefficient (Wildman–Crippen LogP) is 4.56. The molecule has 1 aromatic heterocycles. The fourth-order valence-electron chi connectivity index (χ4n) is 3.47. The van der Waals surface area contributed by atoms with Crippen LogP contribution in [0.2, 0.25) is 0 Å². The Morgan fingerprint density at radius 3 is 2.58 bits per heavy atom. The summed E-state index contributed by atoms with van der Waals surface area (Å²) in [5.74, 6) is 0. The summed E-state index contributed by atoms with van der Waals surface area (Å²) in [4.78, 5) is 5.01. The van der Waals surface area contributed by atoms with Crippen molar-refractivity contribution in [2.24, 2.45) is 0 Å². The molecule has 6 heteroatoms. The molecule has 0 fully saturated rings. The third kappa shape index (κ3) is 3.06. The molecule has 1 aliphatic rings. The van der Waals surface area contributed by atoms with Crippen molar-refractivity contribution in [1.29, 1.82) is 0 Å². The molecule has 4 rings (SSSR count). The molecule has 3 aromatic rings. The van der Waals surface area contributed by atoms with E-state index in [9.17, 15) is 8.42 Å². The molecule has 0 saturated carbocycles. The van der Waals surface area contributed by atoms with Crippen molar-refractivity contribution in [2.45, 2.75) is 43.5 Å². The lowest BCUT2D eigenvalue weighted by Crippen LogP contribution is -2.30. The largest absolute Gasteiger partial charge is 0.243 e. The second-order valence-corrected chi connectivity index (χ2v) is 9.91. The molecule has 0 radical (unpaired) electrons. The van der Waals surface area contributed by atoms with Gasteiger partial charge in [-0.2, -0.15) is 4.31 Å². The molecule has 0 aliphatic heterocycles. The Hall–Kier alpha value is -1.76. The van der Waals surface area contributed by atoms with Crippen molar-refractivity contribution in [3.05, 3.63) is 58.6 Å². The molecular formula is C20H22N2O2S2. The van der Waals surface area contributed by atoms with Crippen LogP contribution >= 0.6 is 11.3 Å². The number of hydrogen-bond donors (Lipinski definition) is 0. The smallest absolute Gasteiger partial charge is 0.239 e. The topological polar surface area (TPSA) is 50.3 Å². The average Bonchev–Trinajstić information content (AvgIpc) is 3.10. The van der Waals surface area contributed by atoms with Crippen LogP contribution in [0.3, 0.4) is 0 Å². The second kappa shape index (κ2) is 6.76. The van der Waals surface area contributed by atoms with Crippen LogP contribution < -0.4 is 0 Å². The molecule has 1 heterocycles. The van der Waals surface area contributed by atoms with Crippen molar-refractivity contribution in [1.82, 2.24) is 9.29 Å². The third-order valence-electron chi connectivity index (χ3n) is 5.21. The first-order valence-electron chi connectivity index (χ1n) is 8.92. The number of fused-ring (bicyclic) bond motifs is 2. The van der Waals surface area contributed by atoms with Crippen LogP contribution in [0.1, 0.15) is 41.9 Å². The molecule has 4 nitrogen and oxygen atoms in total. The fraction of sp³-hybridized carbons (Fsp3) is 0.350. The van der Waals surface area contributed by atoms with Gasteiger partial charge < -0.3 is 0 Å². The first-order chi connectivity index (χ1) is 12.5. The van der Waals surface area contributed by atoms with Crippen molar-refractivity contribution in [3.8, 4) is 0 Å². The van der Waals surface area contributed by atoms with Crippen molar-refractivity contribution in [2.75, 3.05) is 7.05 Å². The lowest BCUT2D eigenvalue weighted by atomic mass is 9.92. The highest BCUT2D eigenvalue weighted by molar-refractivity contribution is 7.89. The molecule has 0 bridgehead atoms. The monoisotopic (exact) mass is 386 g/mol. The Morgan fingerprint density at radius 1 is 1.08 bits per heavy atom. The van der Waals surface area contributed by atoms with Gasteiger partial charge >= 0.3 is 0 Å². The van der Waals surface area contributed by atoms with E-state index in [1.165, 1.54) is 21.9 Å². The molecule has 26 heavy (non-hydrogen) atoms. The number of thiazole rings is 1. The van der Waals surface area contributed by atoms with Gasteiger partial charge in [0.2, 0.25) is 10.0 Å². The van der Waals surface area contributed by atoms with Gasteiger partial charge in [-0.15, -0.1) is 11.3 Å². The highest BCUT2D eigenvalue weighted by Gasteiger charge is 2.29. The summed E-state index contributed by atoms with van der Waals surface area (Å²) >= 11 is 1.55. The van der Waals surface area contributed by atoms with E-state index < -0.39 is 10.0 Å². The van der Waals surface area contributed by atoms with Crippen LogP contribution in [-0.4, -0.2) is 24.8 Å². The van der Waals surface area contributed by atoms with Crippen LogP contribution in [-0.2, 0) is 22.9 Å². The van der Waals surface area contributed by atoms with Crippen molar-refractivity contribution >= 4 is 31.6 Å². The van der Waals surface area contributed by atoms with Gasteiger partial charge in [-0.25, -0.2) is 13.4 Å². The van der Waals surface area contributed by atoms with Gasteiger partial charge in [0.25, 0.3) is 0 Å². The van der Waals surface area contributed by atoms with Crippen molar-refractivity contribution in [3.63, 3.8) is 0 Å². The summed E-state index contributed by atoms with van der Waals surface area (Å²) in [7, 11) is -1.91. The Balaban J connectivity index is 1.66. The minimum Gasteiger partial charge on any atom is -0.239 e. The fourth-order valence-corrected chi connectivity index (χ4v) is 5.98. The van der Waals surface area contributed by atoms with Crippen molar-refractivity contribution < 1.29 is 8.42 Å². The lowest BCUT2D eigenvalue weighted by molar-refractivity contribution is 0.397. The van der Waals surface area contributed by atoms with Gasteiger partial charge in [0, 0.05) is 7.05 Å². The Labute approximate surface area is 158 Å². The number of para-hydroxylation sites is 1. The van der Waals surface area contributed by atoms with Crippen LogP contribution in [0.15, 0.2) is 47.4 Å². The Morgan fingerprint density at radius 2 is 1.81 bits per heavy atom. The number of hydrogen-bond acceptors (Lipinski definition) is 4. The molecule has 1 aliphatic carbocycles. The molecule has 0 amide bonds. The summed E-state index contributed by atoms with van der Waals surface area (Å²) < 4.78 is 28.8. The van der Waals surface area contributed by atoms with Crippen LogP contribution in [0.5, 0.6) is 0 Å². The number of nitrogens with zero attached hydrogens (tertiary/aromatic N) is 2. The highest BCUT2D eigenvalue weighted by Crippen LogP contribution is 2.32. The molecule has 0 N–H and O–H groups in total. The normalized spacial score (nSPS) is 16.0. The first kappa shape index (κ1) is 17.6. The summed E-state index contributed by atoms with van der Waals surface area (Å²) in [5.41, 5.74) is 3.38. The van der Waals surface area contributed by atoms with E-state index in [0.717, 1.165) is 34.5 Å². The van der Waals surface area contributed by atoms with Gasteiger partial charge in [-0.1, -0.05) is 18.2 Å². The average molecular weight is 387 g/mol. The molecule has 136 valence electrons. The van der Waals surface area contributed by atoms with Gasteiger partial charge in [0.15, 0.2) is 0 Å². The minimum atomic E-state index is -3.56.